The van der Waals surface area contributed by atoms with Gasteiger partial charge in [-0.3, -0.25) is 8.98 Å². The third kappa shape index (κ3) is 6.60. The highest BCUT2D eigenvalue weighted by molar-refractivity contribution is 7.86. The van der Waals surface area contributed by atoms with E-state index in [4.69, 9.17) is 4.18 Å². The van der Waals surface area contributed by atoms with Crippen LogP contribution >= 0.6 is 0 Å². The first kappa shape index (κ1) is 21.3. The first-order chi connectivity index (χ1) is 12.9. The van der Waals surface area contributed by atoms with Crippen molar-refractivity contribution in [2.45, 2.75) is 63.4 Å². The number of hydrogen-bond acceptors (Lipinski definition) is 4. The molecule has 0 radical (unpaired) electrons. The summed E-state index contributed by atoms with van der Waals surface area (Å²) in [7, 11) is -4.00. The van der Waals surface area contributed by atoms with Crippen LogP contribution < -0.4 is 0 Å². The lowest BCUT2D eigenvalue weighted by Crippen LogP contribution is -2.27. The molecule has 0 aromatic heterocycles. The van der Waals surface area contributed by atoms with E-state index in [2.05, 4.69) is 6.92 Å². The Morgan fingerprint density at radius 2 is 1.56 bits per heavy atom. The molecule has 27 heavy (non-hydrogen) atoms. The number of rotatable bonds is 11. The molecular formula is C22H28O4S. The van der Waals surface area contributed by atoms with E-state index in [0.717, 1.165) is 37.7 Å². The molecule has 0 aliphatic rings. The van der Waals surface area contributed by atoms with Gasteiger partial charge in [-0.1, -0.05) is 87.1 Å². The summed E-state index contributed by atoms with van der Waals surface area (Å²) in [6, 6.07) is 15.2. The van der Waals surface area contributed by atoms with Crippen LogP contribution in [0.5, 0.6) is 0 Å². The van der Waals surface area contributed by atoms with Crippen molar-refractivity contribution in [3.63, 3.8) is 0 Å². The Labute approximate surface area is 162 Å². The van der Waals surface area contributed by atoms with E-state index in [9.17, 15) is 13.2 Å². The number of carbonyl (C=O) groups is 1. The van der Waals surface area contributed by atoms with Gasteiger partial charge in [0.05, 0.1) is 4.90 Å². The lowest BCUT2D eigenvalue weighted by molar-refractivity contribution is 0.0783. The Morgan fingerprint density at radius 1 is 0.926 bits per heavy atom. The van der Waals surface area contributed by atoms with Crippen molar-refractivity contribution in [1.29, 1.82) is 0 Å². The van der Waals surface area contributed by atoms with Gasteiger partial charge in [-0.25, -0.2) is 0 Å². The van der Waals surface area contributed by atoms with Crippen LogP contribution in [-0.2, 0) is 14.3 Å². The standard InChI is InChI=1S/C22H28O4S/c1-3-4-5-6-10-13-21(22(23)19-11-8-7-9-12-19)26-27(24,25)20-16-14-18(2)15-17-20/h7-9,11-12,14-17,21H,3-6,10,13H2,1-2H3. The van der Waals surface area contributed by atoms with E-state index in [-0.39, 0.29) is 10.7 Å². The van der Waals surface area contributed by atoms with Gasteiger partial charge in [-0.15, -0.1) is 0 Å². The summed E-state index contributed by atoms with van der Waals surface area (Å²) in [5.74, 6) is -0.290. The maximum Gasteiger partial charge on any atom is 0.297 e. The molecule has 2 aromatic carbocycles. The summed E-state index contributed by atoms with van der Waals surface area (Å²) in [5.41, 5.74) is 1.43. The Morgan fingerprint density at radius 3 is 2.19 bits per heavy atom. The van der Waals surface area contributed by atoms with E-state index in [1.807, 2.05) is 13.0 Å². The summed E-state index contributed by atoms with van der Waals surface area (Å²) < 4.78 is 30.7. The maximum atomic E-state index is 12.8. The smallest absolute Gasteiger partial charge is 0.291 e. The molecule has 0 bridgehead atoms. The van der Waals surface area contributed by atoms with Gasteiger partial charge in [0.1, 0.15) is 6.10 Å². The summed E-state index contributed by atoms with van der Waals surface area (Å²) in [6.45, 7) is 4.02. The number of hydrogen-bond donors (Lipinski definition) is 0. The molecule has 5 heteroatoms. The second-order valence-corrected chi connectivity index (χ2v) is 8.36. The van der Waals surface area contributed by atoms with Crippen LogP contribution in [-0.4, -0.2) is 20.3 Å². The number of aryl methyl sites for hydroxylation is 1. The zero-order valence-electron chi connectivity index (χ0n) is 16.1. The summed E-state index contributed by atoms with van der Waals surface area (Å²) in [5, 5.41) is 0. The topological polar surface area (TPSA) is 60.4 Å². The highest BCUT2D eigenvalue weighted by Crippen LogP contribution is 2.21. The van der Waals surface area contributed by atoms with Gasteiger partial charge in [0.2, 0.25) is 0 Å². The van der Waals surface area contributed by atoms with E-state index < -0.39 is 16.2 Å². The van der Waals surface area contributed by atoms with Crippen LogP contribution in [0.15, 0.2) is 59.5 Å². The van der Waals surface area contributed by atoms with E-state index in [1.54, 1.807) is 36.4 Å². The van der Waals surface area contributed by atoms with Gasteiger partial charge < -0.3 is 0 Å². The fourth-order valence-electron chi connectivity index (χ4n) is 2.86. The molecule has 0 saturated carbocycles. The van der Waals surface area contributed by atoms with Gasteiger partial charge in [-0.05, 0) is 25.5 Å². The monoisotopic (exact) mass is 388 g/mol. The fraction of sp³-hybridized carbons (Fsp3) is 0.409. The SMILES string of the molecule is CCCCCCCC(OS(=O)(=O)c1ccc(C)cc1)C(=O)c1ccccc1. The zero-order chi connectivity index (χ0) is 19.7. The molecule has 2 rings (SSSR count). The van der Waals surface area contributed by atoms with E-state index in [1.165, 1.54) is 12.1 Å². The predicted molar refractivity (Wildman–Crippen MR) is 107 cm³/mol. The van der Waals surface area contributed by atoms with Gasteiger partial charge in [-0.2, -0.15) is 8.42 Å². The van der Waals surface area contributed by atoms with Crippen LogP contribution in [0, 0.1) is 6.92 Å². The van der Waals surface area contributed by atoms with Gasteiger partial charge >= 0.3 is 0 Å². The molecule has 0 heterocycles. The minimum atomic E-state index is -4.00. The average molecular weight is 389 g/mol. The number of benzene rings is 2. The summed E-state index contributed by atoms with van der Waals surface area (Å²) >= 11 is 0. The third-order valence-corrected chi connectivity index (χ3v) is 5.81. The quantitative estimate of drug-likeness (QED) is 0.297. The van der Waals surface area contributed by atoms with Crippen molar-refractivity contribution in [2.75, 3.05) is 0 Å². The second-order valence-electron chi connectivity index (χ2n) is 6.79. The zero-order valence-corrected chi connectivity index (χ0v) is 16.9. The van der Waals surface area contributed by atoms with Gasteiger partial charge in [0.15, 0.2) is 5.78 Å². The van der Waals surface area contributed by atoms with Crippen molar-refractivity contribution in [1.82, 2.24) is 0 Å². The minimum absolute atomic E-state index is 0.0740. The van der Waals surface area contributed by atoms with E-state index in [0.29, 0.717) is 12.0 Å². The van der Waals surface area contributed by atoms with Crippen LogP contribution in [0.3, 0.4) is 0 Å². The lowest BCUT2D eigenvalue weighted by Gasteiger charge is -2.17. The van der Waals surface area contributed by atoms with Gasteiger partial charge in [0.25, 0.3) is 10.1 Å². The molecule has 0 saturated heterocycles. The Hall–Kier alpha value is -1.98. The molecule has 0 aliphatic carbocycles. The third-order valence-electron chi connectivity index (χ3n) is 4.47. The Balaban J connectivity index is 2.15. The normalized spacial score (nSPS) is 12.7. The van der Waals surface area contributed by atoms with Crippen LogP contribution in [0.2, 0.25) is 0 Å². The summed E-state index contributed by atoms with van der Waals surface area (Å²) in [6.07, 6.45) is 4.45. The average Bonchev–Trinajstić information content (AvgIpc) is 2.67. The molecule has 2 aromatic rings. The molecule has 1 atom stereocenters. The van der Waals surface area contributed by atoms with Crippen molar-refractivity contribution in [2.24, 2.45) is 0 Å². The van der Waals surface area contributed by atoms with Crippen molar-refractivity contribution < 1.29 is 17.4 Å². The van der Waals surface area contributed by atoms with Crippen LogP contribution in [0.1, 0.15) is 61.4 Å². The number of unbranched alkanes of at least 4 members (excludes halogenated alkanes) is 4. The molecule has 0 fully saturated rings. The molecule has 0 aliphatic heterocycles. The molecule has 146 valence electrons. The predicted octanol–water partition coefficient (Wildman–Crippen LogP) is 5.31. The Kier molecular flexibility index (Phi) is 8.20. The Bertz CT molecular complexity index is 811. The lowest BCUT2D eigenvalue weighted by atomic mass is 10.0. The second kappa shape index (κ2) is 10.4. The van der Waals surface area contributed by atoms with Crippen molar-refractivity contribution in [3.05, 3.63) is 65.7 Å². The molecule has 1 unspecified atom stereocenters. The maximum absolute atomic E-state index is 12.8. The van der Waals surface area contributed by atoms with E-state index >= 15 is 0 Å². The highest BCUT2D eigenvalue weighted by atomic mass is 32.2. The highest BCUT2D eigenvalue weighted by Gasteiger charge is 2.28. The summed E-state index contributed by atoms with van der Waals surface area (Å²) in [4.78, 5) is 12.9. The molecular weight excluding hydrogens is 360 g/mol. The van der Waals surface area contributed by atoms with Crippen LogP contribution in [0.25, 0.3) is 0 Å². The fourth-order valence-corrected chi connectivity index (χ4v) is 3.93. The van der Waals surface area contributed by atoms with Crippen LogP contribution in [0.4, 0.5) is 0 Å². The first-order valence-electron chi connectivity index (χ1n) is 9.53. The van der Waals surface area contributed by atoms with Gasteiger partial charge in [0, 0.05) is 5.56 Å². The number of carbonyl (C=O) groups excluding carboxylic acids is 1. The molecule has 0 spiro atoms. The molecule has 0 amide bonds. The number of Topliss-reactive ketones (excluding diaryl/α,β-unsaturated/α-hetero) is 1. The first-order valence-corrected chi connectivity index (χ1v) is 10.9. The van der Waals surface area contributed by atoms with Crippen molar-refractivity contribution >= 4 is 15.9 Å². The minimum Gasteiger partial charge on any atom is -0.291 e. The number of ketones is 1. The molecule has 0 N–H and O–H groups in total. The largest absolute Gasteiger partial charge is 0.297 e. The van der Waals surface area contributed by atoms with Crippen molar-refractivity contribution in [3.8, 4) is 0 Å². The molecule has 4 nitrogen and oxygen atoms in total.